The van der Waals surface area contributed by atoms with E-state index in [2.05, 4.69) is 20.3 Å². The first kappa shape index (κ1) is 27.5. The van der Waals surface area contributed by atoms with Crippen LogP contribution in [0.15, 0.2) is 35.5 Å². The average Bonchev–Trinajstić information content (AvgIpc) is 3.52. The Balaban J connectivity index is 1.68. The third-order valence-electron chi connectivity index (χ3n) is 7.81. The number of nitrogens with zero attached hydrogens (tertiary/aromatic N) is 5. The summed E-state index contributed by atoms with van der Waals surface area (Å²) >= 11 is 0. The molecule has 1 aromatic carbocycles. The summed E-state index contributed by atoms with van der Waals surface area (Å²) in [7, 11) is 6.73. The van der Waals surface area contributed by atoms with Crippen molar-refractivity contribution in [2.75, 3.05) is 51.0 Å². The van der Waals surface area contributed by atoms with E-state index in [4.69, 9.17) is 0 Å². The molecule has 3 N–H and O–H groups in total. The first-order valence-electron chi connectivity index (χ1n) is 13.2. The minimum absolute atomic E-state index is 0.0221. The number of fused-ring (bicyclic) bond motifs is 4. The molecule has 1 saturated heterocycles. The van der Waals surface area contributed by atoms with Crippen molar-refractivity contribution in [2.45, 2.75) is 12.1 Å². The molecule has 0 amide bonds. The number of nitrogens with one attached hydrogen (secondary N) is 2. The first-order chi connectivity index (χ1) is 19.9. The third-order valence-corrected chi connectivity index (χ3v) is 7.81. The molecule has 10 nitrogen and oxygen atoms in total. The summed E-state index contributed by atoms with van der Waals surface area (Å²) in [4.78, 5) is 40.4. The van der Waals surface area contributed by atoms with E-state index in [-0.39, 0.29) is 53.5 Å². The number of aryl methyl sites for hydroxylation is 1. The van der Waals surface area contributed by atoms with Crippen LogP contribution < -0.4 is 15.6 Å². The maximum absolute atomic E-state index is 16.0. The third kappa shape index (κ3) is 4.23. The van der Waals surface area contributed by atoms with Gasteiger partial charge in [-0.05, 0) is 20.2 Å². The number of carbonyl (C=O) groups is 1. The lowest BCUT2D eigenvalue weighted by Gasteiger charge is -2.27. The van der Waals surface area contributed by atoms with Gasteiger partial charge in [-0.3, -0.25) is 4.79 Å². The number of H-pyrrole nitrogens is 1. The molecule has 42 heavy (non-hydrogen) atoms. The van der Waals surface area contributed by atoms with Crippen LogP contribution in [0.2, 0.25) is 0 Å². The molecule has 0 radical (unpaired) electrons. The molecular formula is C29H28F3N7O3. The molecule has 4 aromatic heterocycles. The van der Waals surface area contributed by atoms with Gasteiger partial charge in [-0.2, -0.15) is 0 Å². The molecule has 13 heteroatoms. The van der Waals surface area contributed by atoms with Crippen molar-refractivity contribution in [1.29, 1.82) is 0 Å². The van der Waals surface area contributed by atoms with E-state index >= 15 is 8.78 Å². The number of pyridine rings is 3. The van der Waals surface area contributed by atoms with Crippen LogP contribution in [-0.2, 0) is 7.05 Å². The molecule has 5 aromatic rings. The molecule has 1 atom stereocenters. The number of aromatic nitrogens is 4. The number of alkyl halides is 1. The van der Waals surface area contributed by atoms with Gasteiger partial charge in [0.2, 0.25) is 5.43 Å². The van der Waals surface area contributed by atoms with Gasteiger partial charge in [-0.1, -0.05) is 0 Å². The number of anilines is 2. The minimum Gasteiger partial charge on any atom is -0.477 e. The van der Waals surface area contributed by atoms with E-state index in [0.29, 0.717) is 28.0 Å². The molecule has 1 unspecified atom stereocenters. The van der Waals surface area contributed by atoms with E-state index in [9.17, 15) is 19.1 Å². The summed E-state index contributed by atoms with van der Waals surface area (Å²) in [5.74, 6) is -3.51. The molecule has 218 valence electrons. The number of aromatic carboxylic acids is 1. The summed E-state index contributed by atoms with van der Waals surface area (Å²) in [6, 6.07) is 2.56. The predicted molar refractivity (Wildman–Crippen MR) is 155 cm³/mol. The van der Waals surface area contributed by atoms with E-state index < -0.39 is 34.3 Å². The van der Waals surface area contributed by atoms with Crippen molar-refractivity contribution >= 4 is 50.3 Å². The highest BCUT2D eigenvalue weighted by Crippen LogP contribution is 2.45. The van der Waals surface area contributed by atoms with Crippen LogP contribution >= 0.6 is 0 Å². The summed E-state index contributed by atoms with van der Waals surface area (Å²) in [6.45, 7) is 0.427. The van der Waals surface area contributed by atoms with E-state index in [0.717, 1.165) is 6.07 Å². The molecule has 0 bridgehead atoms. The maximum atomic E-state index is 16.0. The smallest absolute Gasteiger partial charge is 0.341 e. The standard InChI is InChI=1S/C29H28F3N7O3/c1-33-19-8-18(30)22(31)20-21-24(39-6-5-29(32,13-39)12-37(2)3)16(10-34-26(21)36-23(19)20)14-7-15-25(40)17(28(41)42)11-38(4)27(15)35-9-14/h7-11,33H,5-6,12-13H2,1-4H3,(H,34,36)(H,41,42). The highest BCUT2D eigenvalue weighted by Gasteiger charge is 2.40. The van der Waals surface area contributed by atoms with Crippen molar-refractivity contribution in [2.24, 2.45) is 7.05 Å². The number of carboxylic acid groups (broad SMARTS) is 1. The van der Waals surface area contributed by atoms with Crippen LogP contribution in [0.4, 0.5) is 24.5 Å². The molecule has 6 rings (SSSR count). The van der Waals surface area contributed by atoms with E-state index in [1.165, 1.54) is 29.2 Å². The molecule has 0 saturated carbocycles. The zero-order valence-electron chi connectivity index (χ0n) is 23.3. The number of carboxylic acids is 1. The first-order valence-corrected chi connectivity index (χ1v) is 13.2. The lowest BCUT2D eigenvalue weighted by Crippen LogP contribution is -2.38. The fraction of sp³-hybridized carbons (Fsp3) is 0.310. The molecule has 5 heterocycles. The average molecular weight is 580 g/mol. The van der Waals surface area contributed by atoms with Crippen molar-refractivity contribution in [1.82, 2.24) is 24.4 Å². The number of halogens is 3. The van der Waals surface area contributed by atoms with E-state index in [1.807, 2.05) is 0 Å². The zero-order chi connectivity index (χ0) is 30.1. The minimum atomic E-state index is -1.57. The number of hydrogen-bond donors (Lipinski definition) is 3. The normalized spacial score (nSPS) is 17.3. The lowest BCUT2D eigenvalue weighted by atomic mass is 10.0. The Morgan fingerprint density at radius 2 is 1.98 bits per heavy atom. The van der Waals surface area contributed by atoms with Crippen molar-refractivity contribution in [3.05, 3.63) is 58.1 Å². The Hall–Kier alpha value is -4.65. The summed E-state index contributed by atoms with van der Waals surface area (Å²) in [5.41, 5.74) is -0.358. The summed E-state index contributed by atoms with van der Waals surface area (Å²) in [6.07, 6.45) is 4.42. The van der Waals surface area contributed by atoms with Gasteiger partial charge >= 0.3 is 5.97 Å². The van der Waals surface area contributed by atoms with Crippen LogP contribution in [0.25, 0.3) is 44.1 Å². The van der Waals surface area contributed by atoms with Crippen LogP contribution in [0.5, 0.6) is 0 Å². The molecule has 0 spiro atoms. The largest absolute Gasteiger partial charge is 0.477 e. The number of aromatic amines is 1. The molecule has 0 aliphatic carbocycles. The molecule has 1 aliphatic rings. The Kier molecular flexibility index (Phi) is 6.37. The second-order valence-electron chi connectivity index (χ2n) is 11.0. The quantitative estimate of drug-likeness (QED) is 0.275. The van der Waals surface area contributed by atoms with Gasteiger partial charge in [-0.15, -0.1) is 0 Å². The van der Waals surface area contributed by atoms with Crippen LogP contribution in [0, 0.1) is 11.6 Å². The predicted octanol–water partition coefficient (Wildman–Crippen LogP) is 4.13. The SMILES string of the molecule is CNc1cc(F)c(F)c2c1[nH]c1ncc(-c3cnc4c(c3)c(=O)c(C(=O)O)cn4C)c(N3CCC(F)(CN(C)C)C3)c12. The Bertz CT molecular complexity index is 1990. The number of hydrogen-bond acceptors (Lipinski definition) is 7. The maximum Gasteiger partial charge on any atom is 0.341 e. The van der Waals surface area contributed by atoms with Crippen LogP contribution in [0.3, 0.4) is 0 Å². The van der Waals surface area contributed by atoms with Gasteiger partial charge in [0.15, 0.2) is 11.6 Å². The van der Waals surface area contributed by atoms with Gasteiger partial charge < -0.3 is 29.8 Å². The fourth-order valence-electron chi connectivity index (χ4n) is 6.07. The van der Waals surface area contributed by atoms with Crippen molar-refractivity contribution < 1.29 is 23.1 Å². The van der Waals surface area contributed by atoms with Gasteiger partial charge in [0.1, 0.15) is 22.5 Å². The van der Waals surface area contributed by atoms with Crippen LogP contribution in [0.1, 0.15) is 16.8 Å². The monoisotopic (exact) mass is 579 g/mol. The number of rotatable bonds is 6. The zero-order valence-corrected chi connectivity index (χ0v) is 23.3. The highest BCUT2D eigenvalue weighted by molar-refractivity contribution is 6.18. The Labute approximate surface area is 237 Å². The van der Waals surface area contributed by atoms with E-state index in [1.54, 1.807) is 38.0 Å². The highest BCUT2D eigenvalue weighted by atomic mass is 19.2. The summed E-state index contributed by atoms with van der Waals surface area (Å²) in [5, 5.41) is 12.7. The van der Waals surface area contributed by atoms with Crippen molar-refractivity contribution in [3.63, 3.8) is 0 Å². The molecular weight excluding hydrogens is 551 g/mol. The second kappa shape index (κ2) is 9.72. The Morgan fingerprint density at radius 3 is 2.67 bits per heavy atom. The number of benzene rings is 1. The van der Waals surface area contributed by atoms with Crippen molar-refractivity contribution in [3.8, 4) is 11.1 Å². The summed E-state index contributed by atoms with van der Waals surface area (Å²) < 4.78 is 47.8. The van der Waals surface area contributed by atoms with Crippen LogP contribution in [-0.4, -0.2) is 81.9 Å². The fourth-order valence-corrected chi connectivity index (χ4v) is 6.07. The topological polar surface area (TPSA) is 119 Å². The lowest BCUT2D eigenvalue weighted by molar-refractivity contribution is 0.0695. The van der Waals surface area contributed by atoms with Gasteiger partial charge in [0, 0.05) is 69.4 Å². The molecule has 1 fully saturated rings. The molecule has 1 aliphatic heterocycles. The van der Waals surface area contributed by atoms with Gasteiger partial charge in [0.05, 0.1) is 39.6 Å². The van der Waals surface area contributed by atoms with Gasteiger partial charge in [0.25, 0.3) is 0 Å². The van der Waals surface area contributed by atoms with Gasteiger partial charge in [-0.25, -0.2) is 27.9 Å². The Morgan fingerprint density at radius 1 is 1.21 bits per heavy atom. The second-order valence-corrected chi connectivity index (χ2v) is 11.0.